The quantitative estimate of drug-likeness (QED) is 0.517. The molecule has 1 spiro atoms. The van der Waals surface area contributed by atoms with Crippen LogP contribution in [0.2, 0.25) is 0 Å². The molecule has 1 radical (unpaired) electrons. The van der Waals surface area contributed by atoms with E-state index in [1.54, 1.807) is 0 Å². The number of rotatable bonds is 0. The Morgan fingerprint density at radius 3 is 2.33 bits per heavy atom. The first-order valence-corrected chi connectivity index (χ1v) is 5.40. The summed E-state index contributed by atoms with van der Waals surface area (Å²) >= 11 is 0. The van der Waals surface area contributed by atoms with Crippen LogP contribution in [-0.2, 0) is 4.74 Å². The van der Waals surface area contributed by atoms with Gasteiger partial charge in [-0.25, -0.2) is 0 Å². The molecular weight excluding hydrogens is 436 g/mol. The zero-order valence-electron chi connectivity index (χ0n) is 10.1. The third-order valence-corrected chi connectivity index (χ3v) is 3.45. The summed E-state index contributed by atoms with van der Waals surface area (Å²) in [7, 11) is 2.20. The molecule has 2 fully saturated rings. The van der Waals surface area contributed by atoms with Gasteiger partial charge in [-0.3, -0.25) is 0 Å². The SMILES string of the molecule is C[C-]1CCCC2(CCN(C)CC2)O1.[CH3-].[Lr]. The van der Waals surface area contributed by atoms with Crippen LogP contribution >= 0.6 is 0 Å². The predicted molar refractivity (Wildman–Crippen MR) is 59.7 cm³/mol. The van der Waals surface area contributed by atoms with E-state index in [9.17, 15) is 0 Å². The van der Waals surface area contributed by atoms with Gasteiger partial charge in [0.15, 0.2) is 0 Å². The number of hydrogen-bond acceptors (Lipinski definition) is 2. The van der Waals surface area contributed by atoms with Gasteiger partial charge in [0.25, 0.3) is 0 Å². The second kappa shape index (κ2) is 5.13. The zero-order valence-corrected chi connectivity index (χ0v) is 12.2. The smallest absolute Gasteiger partial charge is 0.0373 e. The summed E-state index contributed by atoms with van der Waals surface area (Å²) in [5, 5.41) is 0. The summed E-state index contributed by atoms with van der Waals surface area (Å²) in [6.07, 6.45) is 7.49. The minimum atomic E-state index is 0. The molecule has 0 saturated carbocycles. The van der Waals surface area contributed by atoms with Crippen molar-refractivity contribution in [1.29, 1.82) is 0 Å². The maximum atomic E-state index is 6.05. The van der Waals surface area contributed by atoms with Crippen LogP contribution in [0.5, 0.6) is 0 Å². The summed E-state index contributed by atoms with van der Waals surface area (Å²) in [5.41, 5.74) is 0.231. The molecule has 0 N–H and O–H groups in total. The van der Waals surface area contributed by atoms with Gasteiger partial charge < -0.3 is 17.1 Å². The maximum absolute atomic E-state index is 6.05. The second-order valence-corrected chi connectivity index (χ2v) is 4.64. The van der Waals surface area contributed by atoms with Gasteiger partial charge in [0.2, 0.25) is 0 Å². The average molecular weight is 459 g/mol. The molecular formula is C12H23LrNO-2. The Labute approximate surface area is 88.6 Å². The van der Waals surface area contributed by atoms with Gasteiger partial charge in [0.05, 0.1) is 0 Å². The van der Waals surface area contributed by atoms with Crippen LogP contribution in [0.1, 0.15) is 39.0 Å². The number of nitrogens with zero attached hydrogens (tertiary/aromatic N) is 1. The summed E-state index contributed by atoms with van der Waals surface area (Å²) in [6, 6.07) is 0. The molecule has 3 heteroatoms. The van der Waals surface area contributed by atoms with Crippen molar-refractivity contribution in [2.45, 2.75) is 44.6 Å². The van der Waals surface area contributed by atoms with Crippen LogP contribution in [0.4, 0.5) is 0 Å². The number of piperidine rings is 1. The van der Waals surface area contributed by atoms with Crippen molar-refractivity contribution in [3.8, 4) is 0 Å². The Balaban J connectivity index is 0.000000980. The Morgan fingerprint density at radius 1 is 1.20 bits per heavy atom. The maximum Gasteiger partial charge on any atom is 0.0373 e. The first-order valence-electron chi connectivity index (χ1n) is 5.40. The van der Waals surface area contributed by atoms with Gasteiger partial charge in [0, 0.05) is 18.7 Å². The molecule has 2 aliphatic rings. The molecule has 2 saturated heterocycles. The molecule has 0 aromatic carbocycles. The Hall–Kier alpha value is -1.08. The predicted octanol–water partition coefficient (Wildman–Crippen LogP) is 2.65. The molecule has 2 nitrogen and oxygen atoms in total. The van der Waals surface area contributed by atoms with E-state index < -0.39 is 0 Å². The van der Waals surface area contributed by atoms with Crippen molar-refractivity contribution in [2.24, 2.45) is 0 Å². The largest absolute Gasteiger partial charge is 0.544 e. The van der Waals surface area contributed by atoms with Crippen molar-refractivity contribution in [2.75, 3.05) is 20.1 Å². The Bertz CT molecular complexity index is 178. The van der Waals surface area contributed by atoms with Crippen molar-refractivity contribution in [3.63, 3.8) is 0 Å². The molecule has 99 valence electrons. The fraction of sp³-hybridized carbons (Fsp3) is 0.833. The first-order chi connectivity index (χ1) is 6.20. The van der Waals surface area contributed by atoms with E-state index >= 15 is 0 Å². The molecule has 0 aromatic heterocycles. The van der Waals surface area contributed by atoms with Crippen LogP contribution in [0.25, 0.3) is 0 Å². The van der Waals surface area contributed by atoms with Crippen molar-refractivity contribution in [1.82, 2.24) is 4.90 Å². The first kappa shape index (κ1) is 13.9. The van der Waals surface area contributed by atoms with E-state index in [4.69, 9.17) is 4.74 Å². The third-order valence-electron chi connectivity index (χ3n) is 3.45. The minimum absolute atomic E-state index is 0. The van der Waals surface area contributed by atoms with E-state index in [0.29, 0.717) is 0 Å². The normalized spacial score (nSPS) is 26.8. The monoisotopic (exact) mass is 459 g/mol. The second-order valence-electron chi connectivity index (χ2n) is 4.64. The topological polar surface area (TPSA) is 12.5 Å². The molecule has 15 heavy (non-hydrogen) atoms. The molecule has 2 heterocycles. The fourth-order valence-corrected chi connectivity index (χ4v) is 2.51. The van der Waals surface area contributed by atoms with Crippen LogP contribution in [-0.4, -0.2) is 30.6 Å². The summed E-state index contributed by atoms with van der Waals surface area (Å²) < 4.78 is 6.05. The Kier molecular flexibility index (Phi) is 4.76. The van der Waals surface area contributed by atoms with E-state index in [2.05, 4.69) is 18.9 Å². The van der Waals surface area contributed by atoms with Gasteiger partial charge in [-0.15, -0.1) is 0 Å². The number of likely N-dealkylation sites (tertiary alicyclic amines) is 1. The molecule has 2 aliphatic heterocycles. The van der Waals surface area contributed by atoms with Crippen LogP contribution in [0, 0.1) is 13.5 Å². The molecule has 0 bridgehead atoms. The van der Waals surface area contributed by atoms with Gasteiger partial charge in [0.1, 0.15) is 0 Å². The van der Waals surface area contributed by atoms with Gasteiger partial charge >= 0.3 is 0 Å². The van der Waals surface area contributed by atoms with Crippen LogP contribution < -0.4 is 0 Å². The summed E-state index contributed by atoms with van der Waals surface area (Å²) in [6.45, 7) is 4.54. The number of ether oxygens (including phenoxy) is 1. The molecule has 0 amide bonds. The minimum Gasteiger partial charge on any atom is -0.544 e. The molecule has 2 rings (SSSR count). The number of hydrogen-bond donors (Lipinski definition) is 0. The average Bonchev–Trinajstić information content (AvgIpc) is 2.11. The van der Waals surface area contributed by atoms with Gasteiger partial charge in [-0.2, -0.15) is 19.4 Å². The third kappa shape index (κ3) is 2.93. The Morgan fingerprint density at radius 2 is 1.80 bits per heavy atom. The van der Waals surface area contributed by atoms with Gasteiger partial charge in [-0.1, -0.05) is 6.42 Å². The van der Waals surface area contributed by atoms with E-state index in [-0.39, 0.29) is 13.0 Å². The fourth-order valence-electron chi connectivity index (χ4n) is 2.51. The van der Waals surface area contributed by atoms with Crippen LogP contribution in [0.15, 0.2) is 0 Å². The van der Waals surface area contributed by atoms with Crippen molar-refractivity contribution < 1.29 is 4.74 Å². The summed E-state index contributed by atoms with van der Waals surface area (Å²) in [5.74, 6) is 0. The van der Waals surface area contributed by atoms with E-state index in [1.807, 2.05) is 0 Å². The van der Waals surface area contributed by atoms with Crippen molar-refractivity contribution >= 4 is 0 Å². The molecule has 0 aromatic rings. The van der Waals surface area contributed by atoms with Crippen molar-refractivity contribution in [3.05, 3.63) is 13.5 Å². The molecule has 0 unspecified atom stereocenters. The van der Waals surface area contributed by atoms with E-state index in [0.717, 1.165) is 0 Å². The zero-order chi connectivity index (χ0) is 9.31. The van der Waals surface area contributed by atoms with Crippen LogP contribution in [0.3, 0.4) is 0 Å². The standard InChI is InChI=1S/C11H20NO.CH3.Lr/c1-10-4-3-5-11(13-10)6-8-12(2)9-7-11;;/h3-9H2,1-2H3;1H3;/q2*-1;. The van der Waals surface area contributed by atoms with Gasteiger partial charge in [-0.05, 0) is 26.3 Å². The summed E-state index contributed by atoms with van der Waals surface area (Å²) in [4.78, 5) is 2.40. The molecule has 0 aliphatic carbocycles. The molecule has 0 atom stereocenters. The van der Waals surface area contributed by atoms with E-state index in [1.165, 1.54) is 51.3 Å².